The Morgan fingerprint density at radius 2 is 2.38 bits per heavy atom. The van der Waals surface area contributed by atoms with Crippen molar-refractivity contribution in [3.63, 3.8) is 0 Å². The van der Waals surface area contributed by atoms with Crippen LogP contribution in [-0.2, 0) is 5.88 Å². The van der Waals surface area contributed by atoms with Crippen LogP contribution >= 0.6 is 11.6 Å². The minimum atomic E-state index is 0.215. The van der Waals surface area contributed by atoms with Gasteiger partial charge in [-0.15, -0.1) is 11.6 Å². The molecule has 0 bridgehead atoms. The zero-order chi connectivity index (χ0) is 9.26. The summed E-state index contributed by atoms with van der Waals surface area (Å²) in [5, 5.41) is 3.73. The lowest BCUT2D eigenvalue weighted by Gasteiger charge is -1.87. The molecule has 0 N–H and O–H groups in total. The first kappa shape index (κ1) is 8.31. The van der Waals surface area contributed by atoms with Crippen LogP contribution in [0.5, 0.6) is 0 Å². The minimum absolute atomic E-state index is 0.215. The fourth-order valence-corrected chi connectivity index (χ4v) is 1.11. The summed E-state index contributed by atoms with van der Waals surface area (Å²) in [6, 6.07) is 1.84. The maximum atomic E-state index is 5.51. The summed E-state index contributed by atoms with van der Waals surface area (Å²) in [6.07, 6.45) is 1.58. The molecule has 0 atom stereocenters. The monoisotopic (exact) mass is 198 g/mol. The summed E-state index contributed by atoms with van der Waals surface area (Å²) >= 11 is 5.51. The molecule has 2 aromatic rings. The molecule has 4 nitrogen and oxygen atoms in total. The molecule has 2 rings (SSSR count). The Labute approximate surface area is 79.5 Å². The second-order valence-corrected chi connectivity index (χ2v) is 2.85. The van der Waals surface area contributed by atoms with Crippen LogP contribution < -0.4 is 0 Å². The number of halogens is 1. The van der Waals surface area contributed by atoms with Crippen LogP contribution in [0, 0.1) is 6.92 Å². The largest absolute Gasteiger partial charge is 0.461 e. The highest BCUT2D eigenvalue weighted by Gasteiger charge is 2.12. The Hall–Kier alpha value is -1.29. The second kappa shape index (κ2) is 3.22. The summed E-state index contributed by atoms with van der Waals surface area (Å²) in [7, 11) is 0. The van der Waals surface area contributed by atoms with Gasteiger partial charge in [-0.25, -0.2) is 0 Å². The smallest absolute Gasteiger partial charge is 0.241 e. The Bertz CT molecular complexity index is 408. The highest BCUT2D eigenvalue weighted by Crippen LogP contribution is 2.21. The van der Waals surface area contributed by atoms with Gasteiger partial charge in [0.05, 0.1) is 6.26 Å². The third kappa shape index (κ3) is 1.45. The second-order valence-electron chi connectivity index (χ2n) is 2.58. The summed E-state index contributed by atoms with van der Waals surface area (Å²) in [4.78, 5) is 4.03. The van der Waals surface area contributed by atoms with Crippen LogP contribution in [0.2, 0.25) is 0 Å². The standard InChI is InChI=1S/C8H7ClN2O2/c1-5-2-3-12-7(5)8-10-6(4-9)13-11-8/h2-3H,4H2,1H3. The SMILES string of the molecule is Cc1ccoc1-c1noc(CCl)n1. The van der Waals surface area contributed by atoms with Gasteiger partial charge in [0, 0.05) is 0 Å². The molecule has 0 amide bonds. The first-order valence-corrected chi connectivity index (χ1v) is 4.27. The van der Waals surface area contributed by atoms with E-state index >= 15 is 0 Å². The van der Waals surface area contributed by atoms with Gasteiger partial charge in [0.15, 0.2) is 5.76 Å². The molecular formula is C8H7ClN2O2. The Morgan fingerprint density at radius 1 is 1.54 bits per heavy atom. The Balaban J connectivity index is 2.41. The van der Waals surface area contributed by atoms with Crippen molar-refractivity contribution in [2.75, 3.05) is 0 Å². The van der Waals surface area contributed by atoms with E-state index in [0.29, 0.717) is 17.5 Å². The molecule has 0 saturated carbocycles. The maximum absolute atomic E-state index is 5.51. The molecule has 0 aliphatic heterocycles. The number of aromatic nitrogens is 2. The summed E-state index contributed by atoms with van der Waals surface area (Å²) in [6.45, 7) is 1.91. The lowest BCUT2D eigenvalue weighted by molar-refractivity contribution is 0.389. The molecule has 2 heterocycles. The summed E-state index contributed by atoms with van der Waals surface area (Å²) < 4.78 is 10.0. The molecule has 0 saturated heterocycles. The number of hydrogen-bond donors (Lipinski definition) is 0. The molecule has 0 spiro atoms. The van der Waals surface area contributed by atoms with E-state index in [1.54, 1.807) is 6.26 Å². The normalized spacial score (nSPS) is 10.6. The number of hydrogen-bond acceptors (Lipinski definition) is 4. The van der Waals surface area contributed by atoms with Gasteiger partial charge in [-0.2, -0.15) is 4.98 Å². The van der Waals surface area contributed by atoms with E-state index < -0.39 is 0 Å². The number of nitrogens with zero attached hydrogens (tertiary/aromatic N) is 2. The van der Waals surface area contributed by atoms with Crippen molar-refractivity contribution < 1.29 is 8.94 Å². The number of furan rings is 1. The molecular weight excluding hydrogens is 192 g/mol. The molecule has 0 unspecified atom stereocenters. The van der Waals surface area contributed by atoms with Gasteiger partial charge >= 0.3 is 0 Å². The number of rotatable bonds is 2. The first-order valence-electron chi connectivity index (χ1n) is 3.74. The number of aryl methyl sites for hydroxylation is 1. The van der Waals surface area contributed by atoms with E-state index in [9.17, 15) is 0 Å². The fraction of sp³-hybridized carbons (Fsp3) is 0.250. The predicted octanol–water partition coefficient (Wildman–Crippen LogP) is 2.38. The van der Waals surface area contributed by atoms with Crippen molar-refractivity contribution in [3.8, 4) is 11.6 Å². The molecule has 68 valence electrons. The van der Waals surface area contributed by atoms with E-state index in [2.05, 4.69) is 10.1 Å². The van der Waals surface area contributed by atoms with Crippen LogP contribution in [0.25, 0.3) is 11.6 Å². The third-order valence-electron chi connectivity index (χ3n) is 1.65. The summed E-state index contributed by atoms with van der Waals surface area (Å²) in [5.74, 6) is 1.68. The first-order chi connectivity index (χ1) is 6.31. The molecule has 0 fully saturated rings. The molecule has 5 heteroatoms. The van der Waals surface area contributed by atoms with Gasteiger partial charge in [-0.05, 0) is 18.6 Å². The Kier molecular flexibility index (Phi) is 2.06. The van der Waals surface area contributed by atoms with Crippen molar-refractivity contribution >= 4 is 11.6 Å². The van der Waals surface area contributed by atoms with E-state index in [1.807, 2.05) is 13.0 Å². The zero-order valence-corrected chi connectivity index (χ0v) is 7.71. The van der Waals surface area contributed by atoms with Crippen molar-refractivity contribution in [1.82, 2.24) is 10.1 Å². The van der Waals surface area contributed by atoms with Crippen LogP contribution in [0.4, 0.5) is 0 Å². The van der Waals surface area contributed by atoms with Gasteiger partial charge in [0.2, 0.25) is 11.7 Å². The number of alkyl halides is 1. The highest BCUT2D eigenvalue weighted by atomic mass is 35.5. The van der Waals surface area contributed by atoms with Gasteiger partial charge in [0.25, 0.3) is 0 Å². The third-order valence-corrected chi connectivity index (χ3v) is 1.88. The van der Waals surface area contributed by atoms with Crippen LogP contribution in [0.3, 0.4) is 0 Å². The van der Waals surface area contributed by atoms with Crippen molar-refractivity contribution in [2.24, 2.45) is 0 Å². The molecule has 0 radical (unpaired) electrons. The lowest BCUT2D eigenvalue weighted by Crippen LogP contribution is -1.80. The minimum Gasteiger partial charge on any atom is -0.461 e. The molecule has 2 aromatic heterocycles. The van der Waals surface area contributed by atoms with Gasteiger partial charge in [-0.1, -0.05) is 5.16 Å². The average Bonchev–Trinajstić information content (AvgIpc) is 2.71. The average molecular weight is 199 g/mol. The molecule has 0 aliphatic rings. The predicted molar refractivity (Wildman–Crippen MR) is 46.3 cm³/mol. The van der Waals surface area contributed by atoms with E-state index in [1.165, 1.54) is 0 Å². The van der Waals surface area contributed by atoms with Gasteiger partial charge in [0.1, 0.15) is 5.88 Å². The van der Waals surface area contributed by atoms with E-state index in [-0.39, 0.29) is 5.88 Å². The van der Waals surface area contributed by atoms with Gasteiger partial charge < -0.3 is 8.94 Å². The van der Waals surface area contributed by atoms with Gasteiger partial charge in [-0.3, -0.25) is 0 Å². The molecule has 0 aliphatic carbocycles. The zero-order valence-electron chi connectivity index (χ0n) is 6.95. The van der Waals surface area contributed by atoms with E-state index in [4.69, 9.17) is 20.5 Å². The van der Waals surface area contributed by atoms with Crippen LogP contribution in [0.1, 0.15) is 11.5 Å². The lowest BCUT2D eigenvalue weighted by atomic mass is 10.3. The van der Waals surface area contributed by atoms with Crippen molar-refractivity contribution in [2.45, 2.75) is 12.8 Å². The Morgan fingerprint density at radius 3 is 2.92 bits per heavy atom. The van der Waals surface area contributed by atoms with Crippen LogP contribution in [-0.4, -0.2) is 10.1 Å². The maximum Gasteiger partial charge on any atom is 0.241 e. The molecule has 13 heavy (non-hydrogen) atoms. The van der Waals surface area contributed by atoms with Crippen LogP contribution in [0.15, 0.2) is 21.3 Å². The molecule has 0 aromatic carbocycles. The van der Waals surface area contributed by atoms with Crippen molar-refractivity contribution in [1.29, 1.82) is 0 Å². The van der Waals surface area contributed by atoms with Crippen molar-refractivity contribution in [3.05, 3.63) is 23.8 Å². The fourth-order valence-electron chi connectivity index (χ4n) is 1.00. The topological polar surface area (TPSA) is 52.1 Å². The highest BCUT2D eigenvalue weighted by molar-refractivity contribution is 6.16. The van der Waals surface area contributed by atoms with E-state index in [0.717, 1.165) is 5.56 Å². The quantitative estimate of drug-likeness (QED) is 0.696. The summed E-state index contributed by atoms with van der Waals surface area (Å²) in [5.41, 5.74) is 0.974.